The minimum atomic E-state index is -0.191. The number of hydrogen-bond acceptors (Lipinski definition) is 2. The molecule has 1 aromatic heterocycles. The van der Waals surface area contributed by atoms with Crippen LogP contribution < -0.4 is 5.56 Å². The molecule has 0 saturated carbocycles. The first kappa shape index (κ1) is 16.3. The summed E-state index contributed by atoms with van der Waals surface area (Å²) in [7, 11) is 0. The fourth-order valence-corrected chi connectivity index (χ4v) is 4.44. The van der Waals surface area contributed by atoms with Gasteiger partial charge in [-0.2, -0.15) is 0 Å². The van der Waals surface area contributed by atoms with Crippen LogP contribution >= 0.6 is 0 Å². The van der Waals surface area contributed by atoms with E-state index >= 15 is 0 Å². The fraction of sp³-hybridized carbons (Fsp3) is 0.381. The van der Waals surface area contributed by atoms with E-state index < -0.39 is 0 Å². The summed E-state index contributed by atoms with van der Waals surface area (Å²) in [4.78, 5) is 14.8. The van der Waals surface area contributed by atoms with E-state index in [9.17, 15) is 9.18 Å². The average molecular weight is 338 g/mol. The van der Waals surface area contributed by atoms with Gasteiger partial charge in [0.1, 0.15) is 5.82 Å². The predicted molar refractivity (Wildman–Crippen MR) is 97.9 cm³/mol. The smallest absolute Gasteiger partial charge is 0.250 e. The first-order valence-corrected chi connectivity index (χ1v) is 8.97. The summed E-state index contributed by atoms with van der Waals surface area (Å²) in [5.41, 5.74) is 3.60. The number of allylic oxidation sites excluding steroid dienone is 1. The van der Waals surface area contributed by atoms with Gasteiger partial charge in [-0.25, -0.2) is 4.39 Å². The third-order valence-electron chi connectivity index (χ3n) is 5.36. The van der Waals surface area contributed by atoms with Crippen molar-refractivity contribution in [2.45, 2.75) is 32.4 Å². The number of benzene rings is 1. The molecule has 130 valence electrons. The van der Waals surface area contributed by atoms with Gasteiger partial charge in [0.15, 0.2) is 0 Å². The summed E-state index contributed by atoms with van der Waals surface area (Å²) in [6, 6.07) is 10.4. The maximum atomic E-state index is 13.1. The lowest BCUT2D eigenvalue weighted by Gasteiger charge is -2.43. The van der Waals surface area contributed by atoms with Gasteiger partial charge in [0.2, 0.25) is 0 Å². The van der Waals surface area contributed by atoms with Crippen LogP contribution in [0.15, 0.2) is 47.3 Å². The number of piperidine rings is 1. The van der Waals surface area contributed by atoms with Crippen LogP contribution in [-0.2, 0) is 13.1 Å². The van der Waals surface area contributed by atoms with Gasteiger partial charge in [-0.05, 0) is 48.6 Å². The Morgan fingerprint density at radius 3 is 2.68 bits per heavy atom. The first-order valence-electron chi connectivity index (χ1n) is 8.97. The summed E-state index contributed by atoms with van der Waals surface area (Å²) in [5, 5.41) is 0. The zero-order valence-electron chi connectivity index (χ0n) is 14.5. The summed E-state index contributed by atoms with van der Waals surface area (Å²) < 4.78 is 15.1. The molecule has 4 rings (SSSR count). The number of likely N-dealkylation sites (tertiary alicyclic amines) is 1. The molecule has 0 unspecified atom stereocenters. The van der Waals surface area contributed by atoms with E-state index in [1.807, 2.05) is 35.8 Å². The molecule has 0 spiro atoms. The van der Waals surface area contributed by atoms with E-state index in [0.717, 1.165) is 43.7 Å². The van der Waals surface area contributed by atoms with Gasteiger partial charge in [-0.3, -0.25) is 9.69 Å². The van der Waals surface area contributed by atoms with Crippen LogP contribution in [0.2, 0.25) is 0 Å². The normalized spacial score (nSPS) is 23.0. The van der Waals surface area contributed by atoms with Gasteiger partial charge in [-0.15, -0.1) is 0 Å². The number of rotatable bonds is 3. The Hall–Kier alpha value is -2.20. The third-order valence-corrected chi connectivity index (χ3v) is 5.36. The number of pyridine rings is 1. The van der Waals surface area contributed by atoms with E-state index in [2.05, 4.69) is 11.0 Å². The van der Waals surface area contributed by atoms with E-state index in [4.69, 9.17) is 0 Å². The lowest BCUT2D eigenvalue weighted by atomic mass is 9.81. The van der Waals surface area contributed by atoms with Crippen molar-refractivity contribution in [2.75, 3.05) is 13.1 Å². The number of halogens is 1. The van der Waals surface area contributed by atoms with Crippen molar-refractivity contribution in [3.05, 3.63) is 75.5 Å². The van der Waals surface area contributed by atoms with Crippen LogP contribution in [0.1, 0.15) is 36.1 Å². The van der Waals surface area contributed by atoms with Crippen molar-refractivity contribution < 1.29 is 4.39 Å². The second-order valence-electron chi connectivity index (χ2n) is 7.24. The van der Waals surface area contributed by atoms with Gasteiger partial charge in [0, 0.05) is 43.9 Å². The molecule has 3 nitrogen and oxygen atoms in total. The van der Waals surface area contributed by atoms with Crippen molar-refractivity contribution in [1.82, 2.24) is 9.47 Å². The first-order chi connectivity index (χ1) is 12.1. The largest absolute Gasteiger partial charge is 0.311 e. The molecule has 0 radical (unpaired) electrons. The van der Waals surface area contributed by atoms with Crippen molar-refractivity contribution in [1.29, 1.82) is 0 Å². The highest BCUT2D eigenvalue weighted by atomic mass is 19.1. The van der Waals surface area contributed by atoms with Crippen molar-refractivity contribution in [2.24, 2.45) is 5.92 Å². The average Bonchev–Trinajstić information content (AvgIpc) is 2.59. The van der Waals surface area contributed by atoms with Crippen LogP contribution in [0.5, 0.6) is 0 Å². The summed E-state index contributed by atoms with van der Waals surface area (Å²) in [6.07, 6.45) is 5.28. The highest BCUT2D eigenvalue weighted by Crippen LogP contribution is 2.37. The van der Waals surface area contributed by atoms with E-state index in [1.165, 1.54) is 17.8 Å². The molecule has 1 fully saturated rings. The fourth-order valence-electron chi connectivity index (χ4n) is 4.44. The molecule has 0 N–H and O–H groups in total. The van der Waals surface area contributed by atoms with Crippen molar-refractivity contribution in [3.8, 4) is 0 Å². The lowest BCUT2D eigenvalue weighted by molar-refractivity contribution is 0.114. The second-order valence-corrected chi connectivity index (χ2v) is 7.24. The molecule has 3 heterocycles. The Bertz CT molecular complexity index is 853. The number of nitrogens with zero attached hydrogens (tertiary/aromatic N) is 2. The van der Waals surface area contributed by atoms with Crippen LogP contribution in [0.4, 0.5) is 4.39 Å². The molecule has 0 amide bonds. The van der Waals surface area contributed by atoms with Gasteiger partial charge >= 0.3 is 0 Å². The molecule has 2 bridgehead atoms. The molecule has 1 aromatic carbocycles. The molecule has 0 aliphatic carbocycles. The summed E-state index contributed by atoms with van der Waals surface area (Å²) >= 11 is 0. The van der Waals surface area contributed by atoms with Crippen LogP contribution in [-0.4, -0.2) is 22.6 Å². The minimum absolute atomic E-state index is 0.116. The molecular formula is C21H23FN2O. The highest BCUT2D eigenvalue weighted by Gasteiger charge is 2.35. The molecule has 4 heteroatoms. The molecule has 2 atom stereocenters. The van der Waals surface area contributed by atoms with Crippen molar-refractivity contribution in [3.63, 3.8) is 0 Å². The van der Waals surface area contributed by atoms with Crippen LogP contribution in [0, 0.1) is 11.7 Å². The molecule has 2 aliphatic rings. The Labute approximate surface area is 147 Å². The summed E-state index contributed by atoms with van der Waals surface area (Å²) in [6.45, 7) is 5.59. The Balaban J connectivity index is 1.62. The van der Waals surface area contributed by atoms with Gasteiger partial charge in [-0.1, -0.05) is 24.3 Å². The standard InChI is InChI=1S/C21H23FN2O/c1-2-3-17-6-9-20(25)24-13-16-10-18(21(17)24)14-23(12-16)11-15-4-7-19(22)8-5-15/h2-9,16,18H,10-14H2,1H3/t16-,18-/m0/s1. The topological polar surface area (TPSA) is 25.2 Å². The molecule has 1 saturated heterocycles. The maximum Gasteiger partial charge on any atom is 0.250 e. The maximum absolute atomic E-state index is 13.1. The SMILES string of the molecule is CC=Cc1ccc(=O)n2c1[C@H]1C[C@@H](CN(Cc3ccc(F)cc3)C1)C2. The van der Waals surface area contributed by atoms with Gasteiger partial charge in [0.05, 0.1) is 0 Å². The van der Waals surface area contributed by atoms with Crippen LogP contribution in [0.3, 0.4) is 0 Å². The number of fused-ring (bicyclic) bond motifs is 4. The minimum Gasteiger partial charge on any atom is -0.311 e. The quantitative estimate of drug-likeness (QED) is 0.854. The molecule has 25 heavy (non-hydrogen) atoms. The Morgan fingerprint density at radius 1 is 1.12 bits per heavy atom. The predicted octanol–water partition coefficient (Wildman–Crippen LogP) is 3.64. The monoisotopic (exact) mass is 338 g/mol. The second kappa shape index (κ2) is 6.60. The zero-order chi connectivity index (χ0) is 17.4. The number of aromatic nitrogens is 1. The van der Waals surface area contributed by atoms with Crippen molar-refractivity contribution >= 4 is 6.08 Å². The van der Waals surface area contributed by atoms with Gasteiger partial charge < -0.3 is 4.57 Å². The third kappa shape index (κ3) is 3.19. The number of hydrogen-bond donors (Lipinski definition) is 0. The van der Waals surface area contributed by atoms with E-state index in [0.29, 0.717) is 11.8 Å². The molecule has 2 aliphatic heterocycles. The van der Waals surface area contributed by atoms with Crippen LogP contribution in [0.25, 0.3) is 6.08 Å². The Morgan fingerprint density at radius 2 is 1.92 bits per heavy atom. The zero-order valence-corrected chi connectivity index (χ0v) is 14.5. The Kier molecular flexibility index (Phi) is 4.30. The van der Waals surface area contributed by atoms with Gasteiger partial charge in [0.25, 0.3) is 5.56 Å². The molecular weight excluding hydrogens is 315 g/mol. The van der Waals surface area contributed by atoms with E-state index in [1.54, 1.807) is 6.07 Å². The summed E-state index contributed by atoms with van der Waals surface area (Å²) in [5.74, 6) is 0.696. The molecule has 2 aromatic rings. The lowest BCUT2D eigenvalue weighted by Crippen LogP contribution is -2.47. The van der Waals surface area contributed by atoms with E-state index in [-0.39, 0.29) is 11.4 Å². The highest BCUT2D eigenvalue weighted by molar-refractivity contribution is 5.53.